The lowest BCUT2D eigenvalue weighted by Crippen LogP contribution is -1.99. The van der Waals surface area contributed by atoms with E-state index in [1.54, 1.807) is 6.92 Å². The zero-order valence-electron chi connectivity index (χ0n) is 9.60. The molecule has 0 bridgehead atoms. The van der Waals surface area contributed by atoms with Crippen LogP contribution in [0.15, 0.2) is 24.3 Å². The van der Waals surface area contributed by atoms with Crippen LogP contribution in [0.3, 0.4) is 0 Å². The molecule has 0 spiro atoms. The summed E-state index contributed by atoms with van der Waals surface area (Å²) in [6.07, 6.45) is 0. The van der Waals surface area contributed by atoms with Crippen molar-refractivity contribution in [3.8, 4) is 17.8 Å². The van der Waals surface area contributed by atoms with Gasteiger partial charge in [-0.2, -0.15) is 15.6 Å². The zero-order valence-corrected chi connectivity index (χ0v) is 9.60. The second-order valence-electron chi connectivity index (χ2n) is 3.79. The summed E-state index contributed by atoms with van der Waals surface area (Å²) < 4.78 is 1.51. The summed E-state index contributed by atoms with van der Waals surface area (Å²) >= 11 is 0. The van der Waals surface area contributed by atoms with E-state index in [1.807, 2.05) is 37.3 Å². The Labute approximate surface area is 99.3 Å². The first kappa shape index (κ1) is 10.9. The third-order valence-corrected chi connectivity index (χ3v) is 2.61. The van der Waals surface area contributed by atoms with E-state index in [0.717, 1.165) is 11.3 Å². The molecule has 82 valence electrons. The summed E-state index contributed by atoms with van der Waals surface area (Å²) in [6, 6.07) is 11.7. The maximum Gasteiger partial charge on any atom is 0.167 e. The van der Waals surface area contributed by atoms with Gasteiger partial charge in [0.15, 0.2) is 5.69 Å². The van der Waals surface area contributed by atoms with Crippen LogP contribution in [0.25, 0.3) is 5.69 Å². The molecule has 0 radical (unpaired) electrons. The minimum atomic E-state index is 0.294. The predicted molar refractivity (Wildman–Crippen MR) is 62.5 cm³/mol. The smallest absolute Gasteiger partial charge is 0.167 e. The lowest BCUT2D eigenvalue weighted by Gasteiger charge is -2.02. The Morgan fingerprint density at radius 3 is 2.24 bits per heavy atom. The largest absolute Gasteiger partial charge is 0.221 e. The monoisotopic (exact) mass is 222 g/mol. The maximum absolute atomic E-state index is 9.10. The summed E-state index contributed by atoms with van der Waals surface area (Å²) in [7, 11) is 0. The normalized spacial score (nSPS) is 9.65. The van der Waals surface area contributed by atoms with E-state index in [1.165, 1.54) is 4.68 Å². The van der Waals surface area contributed by atoms with Crippen LogP contribution in [0.4, 0.5) is 0 Å². The highest BCUT2D eigenvalue weighted by Gasteiger charge is 2.14. The number of nitrogens with zero attached hydrogens (tertiary/aromatic N) is 4. The topological polar surface area (TPSA) is 65.4 Å². The van der Waals surface area contributed by atoms with Crippen LogP contribution in [0.2, 0.25) is 0 Å². The van der Waals surface area contributed by atoms with Crippen LogP contribution in [-0.2, 0) is 0 Å². The van der Waals surface area contributed by atoms with Gasteiger partial charge in [-0.1, -0.05) is 17.7 Å². The fourth-order valence-electron chi connectivity index (χ4n) is 1.61. The summed E-state index contributed by atoms with van der Waals surface area (Å²) in [5.41, 5.74) is 3.25. The van der Waals surface area contributed by atoms with Crippen molar-refractivity contribution in [3.63, 3.8) is 0 Å². The Kier molecular flexibility index (Phi) is 2.64. The van der Waals surface area contributed by atoms with Crippen molar-refractivity contribution in [2.45, 2.75) is 13.8 Å². The van der Waals surface area contributed by atoms with E-state index >= 15 is 0 Å². The van der Waals surface area contributed by atoms with Crippen LogP contribution in [-0.4, -0.2) is 9.78 Å². The Bertz CT molecular complexity index is 636. The van der Waals surface area contributed by atoms with Crippen molar-refractivity contribution in [1.82, 2.24) is 9.78 Å². The minimum Gasteiger partial charge on any atom is -0.221 e. The predicted octanol–water partition coefficient (Wildman–Crippen LogP) is 2.23. The number of hydrogen-bond acceptors (Lipinski definition) is 3. The Balaban J connectivity index is 2.65. The average Bonchev–Trinajstić information content (AvgIpc) is 2.66. The first-order chi connectivity index (χ1) is 8.17. The molecule has 0 saturated carbocycles. The van der Waals surface area contributed by atoms with Gasteiger partial charge in [0.2, 0.25) is 0 Å². The number of aryl methyl sites for hydroxylation is 1. The summed E-state index contributed by atoms with van der Waals surface area (Å²) in [5.74, 6) is 0. The van der Waals surface area contributed by atoms with Crippen molar-refractivity contribution in [3.05, 3.63) is 46.8 Å². The van der Waals surface area contributed by atoms with Crippen molar-refractivity contribution in [2.75, 3.05) is 0 Å². The molecule has 1 aromatic carbocycles. The molecule has 4 nitrogen and oxygen atoms in total. The highest BCUT2D eigenvalue weighted by Crippen LogP contribution is 2.17. The van der Waals surface area contributed by atoms with Gasteiger partial charge in [0.25, 0.3) is 0 Å². The number of rotatable bonds is 1. The van der Waals surface area contributed by atoms with E-state index in [-0.39, 0.29) is 0 Å². The van der Waals surface area contributed by atoms with Crippen LogP contribution in [0, 0.1) is 36.5 Å². The number of aromatic nitrogens is 2. The minimum absolute atomic E-state index is 0.294. The molecule has 2 rings (SSSR count). The van der Waals surface area contributed by atoms with E-state index in [4.69, 9.17) is 10.5 Å². The third kappa shape index (κ3) is 1.77. The van der Waals surface area contributed by atoms with Crippen LogP contribution in [0.1, 0.15) is 22.5 Å². The second kappa shape index (κ2) is 4.11. The van der Waals surface area contributed by atoms with E-state index in [9.17, 15) is 0 Å². The molecule has 4 heteroatoms. The molecule has 1 heterocycles. The van der Waals surface area contributed by atoms with Gasteiger partial charge >= 0.3 is 0 Å². The first-order valence-electron chi connectivity index (χ1n) is 5.14. The molecular weight excluding hydrogens is 212 g/mol. The van der Waals surface area contributed by atoms with Crippen molar-refractivity contribution < 1.29 is 0 Å². The molecule has 0 aliphatic heterocycles. The van der Waals surface area contributed by atoms with Gasteiger partial charge in [0, 0.05) is 5.56 Å². The standard InChI is InChI=1S/C13H10N4/c1-9-3-5-11(6-4-9)17-13(8-15)10(2)12(7-14)16-17/h3-6H,1-2H3. The Hall–Kier alpha value is -2.59. The molecule has 0 saturated heterocycles. The van der Waals surface area contributed by atoms with Gasteiger partial charge in [0.05, 0.1) is 5.69 Å². The van der Waals surface area contributed by atoms with Gasteiger partial charge in [-0.05, 0) is 26.0 Å². The van der Waals surface area contributed by atoms with Crippen molar-refractivity contribution >= 4 is 0 Å². The Morgan fingerprint density at radius 1 is 1.06 bits per heavy atom. The SMILES string of the molecule is Cc1ccc(-n2nc(C#N)c(C)c2C#N)cc1. The lowest BCUT2D eigenvalue weighted by molar-refractivity contribution is 0.859. The molecule has 1 aromatic heterocycles. The molecule has 0 N–H and O–H groups in total. The highest BCUT2D eigenvalue weighted by atomic mass is 15.3. The molecule has 0 aliphatic rings. The molecule has 0 aliphatic carbocycles. The Morgan fingerprint density at radius 2 is 1.71 bits per heavy atom. The van der Waals surface area contributed by atoms with Crippen LogP contribution >= 0.6 is 0 Å². The fraction of sp³-hybridized carbons (Fsp3) is 0.154. The quantitative estimate of drug-likeness (QED) is 0.743. The number of benzene rings is 1. The fourth-order valence-corrected chi connectivity index (χ4v) is 1.61. The molecular formula is C13H10N4. The van der Waals surface area contributed by atoms with Gasteiger partial charge in [-0.15, -0.1) is 0 Å². The molecule has 0 amide bonds. The zero-order chi connectivity index (χ0) is 12.4. The van der Waals surface area contributed by atoms with Gasteiger partial charge in [-0.25, -0.2) is 4.68 Å². The summed E-state index contributed by atoms with van der Waals surface area (Å²) in [4.78, 5) is 0. The average molecular weight is 222 g/mol. The second-order valence-corrected chi connectivity index (χ2v) is 3.79. The number of hydrogen-bond donors (Lipinski definition) is 0. The highest BCUT2D eigenvalue weighted by molar-refractivity contribution is 5.46. The van der Waals surface area contributed by atoms with Crippen molar-refractivity contribution in [2.24, 2.45) is 0 Å². The van der Waals surface area contributed by atoms with Crippen LogP contribution in [0.5, 0.6) is 0 Å². The third-order valence-electron chi connectivity index (χ3n) is 2.61. The van der Waals surface area contributed by atoms with Crippen LogP contribution < -0.4 is 0 Å². The first-order valence-corrected chi connectivity index (χ1v) is 5.14. The van der Waals surface area contributed by atoms with Gasteiger partial charge in [0.1, 0.15) is 17.8 Å². The molecule has 2 aromatic rings. The molecule has 0 unspecified atom stereocenters. The number of nitriles is 2. The maximum atomic E-state index is 9.10. The molecule has 0 atom stereocenters. The lowest BCUT2D eigenvalue weighted by atomic mass is 10.2. The van der Waals surface area contributed by atoms with E-state index in [2.05, 4.69) is 11.2 Å². The summed E-state index contributed by atoms with van der Waals surface area (Å²) in [6.45, 7) is 3.72. The molecule has 0 fully saturated rings. The van der Waals surface area contributed by atoms with Gasteiger partial charge < -0.3 is 0 Å². The van der Waals surface area contributed by atoms with Crippen molar-refractivity contribution in [1.29, 1.82) is 10.5 Å². The van der Waals surface area contributed by atoms with E-state index < -0.39 is 0 Å². The molecule has 17 heavy (non-hydrogen) atoms. The van der Waals surface area contributed by atoms with E-state index in [0.29, 0.717) is 17.0 Å². The van der Waals surface area contributed by atoms with Gasteiger partial charge in [-0.3, -0.25) is 0 Å². The summed E-state index contributed by atoms with van der Waals surface area (Å²) in [5, 5.41) is 22.1.